The molecule has 1 aromatic carbocycles. The van der Waals surface area contributed by atoms with E-state index in [2.05, 4.69) is 20.9 Å². The summed E-state index contributed by atoms with van der Waals surface area (Å²) in [6.07, 6.45) is 0.0733. The summed E-state index contributed by atoms with van der Waals surface area (Å²) in [5.74, 6) is -0.168. The number of aromatic nitrogens is 1. The van der Waals surface area contributed by atoms with Crippen molar-refractivity contribution in [3.8, 4) is 0 Å². The Morgan fingerprint density at radius 2 is 2.10 bits per heavy atom. The van der Waals surface area contributed by atoms with Crippen molar-refractivity contribution in [2.24, 2.45) is 0 Å². The summed E-state index contributed by atoms with van der Waals surface area (Å²) in [6, 6.07) is 9.57. The van der Waals surface area contributed by atoms with Crippen molar-refractivity contribution in [2.75, 3.05) is 43.4 Å². The molecule has 3 rings (SSSR count). The smallest absolute Gasteiger partial charge is 0.255 e. The van der Waals surface area contributed by atoms with Gasteiger partial charge in [-0.2, -0.15) is 0 Å². The molecule has 7 nitrogen and oxygen atoms in total. The van der Waals surface area contributed by atoms with Gasteiger partial charge in [0.15, 0.2) is 0 Å². The molecule has 1 fully saturated rings. The van der Waals surface area contributed by atoms with Crippen LogP contribution in [0.25, 0.3) is 0 Å². The molecule has 2 amide bonds. The number of rotatable bonds is 8. The number of hydrogen-bond acceptors (Lipinski definition) is 5. The molecule has 1 saturated heterocycles. The number of anilines is 2. The molecule has 0 saturated carbocycles. The fraction of sp³-hybridized carbons (Fsp3) is 0.381. The SMILES string of the molecule is CNC(=O)CNC(=O)c1ccc(N2CC[C@@H](F)C2)nc1NCCc1cccc(F)c1. The Bertz CT molecular complexity index is 909. The van der Waals surface area contributed by atoms with Crippen molar-refractivity contribution < 1.29 is 18.4 Å². The highest BCUT2D eigenvalue weighted by Crippen LogP contribution is 2.24. The Balaban J connectivity index is 1.74. The van der Waals surface area contributed by atoms with Gasteiger partial charge >= 0.3 is 0 Å². The zero-order chi connectivity index (χ0) is 21.5. The number of carbonyl (C=O) groups is 2. The highest BCUT2D eigenvalue weighted by atomic mass is 19.1. The fourth-order valence-corrected chi connectivity index (χ4v) is 3.23. The maximum absolute atomic E-state index is 13.6. The molecule has 1 aliphatic rings. The predicted molar refractivity (Wildman–Crippen MR) is 111 cm³/mol. The molecule has 0 aliphatic carbocycles. The van der Waals surface area contributed by atoms with Gasteiger partial charge in [-0.25, -0.2) is 13.8 Å². The van der Waals surface area contributed by atoms with E-state index in [4.69, 9.17) is 0 Å². The standard InChI is InChI=1S/C21H25F2N5O2/c1-24-19(29)12-26-21(30)17-5-6-18(28-10-8-16(23)13-28)27-20(17)25-9-7-14-3-2-4-15(22)11-14/h2-6,11,16H,7-10,12-13H2,1H3,(H,24,29)(H,25,27)(H,26,30)/t16-/m1/s1. The molecule has 0 spiro atoms. The van der Waals surface area contributed by atoms with Crippen LogP contribution in [0.15, 0.2) is 36.4 Å². The van der Waals surface area contributed by atoms with E-state index < -0.39 is 12.1 Å². The van der Waals surface area contributed by atoms with Crippen LogP contribution in [0.3, 0.4) is 0 Å². The maximum Gasteiger partial charge on any atom is 0.255 e. The van der Waals surface area contributed by atoms with Gasteiger partial charge in [0.1, 0.15) is 23.6 Å². The first kappa shape index (κ1) is 21.5. The first-order chi connectivity index (χ1) is 14.5. The molecule has 2 aromatic rings. The van der Waals surface area contributed by atoms with Crippen molar-refractivity contribution >= 4 is 23.5 Å². The van der Waals surface area contributed by atoms with Crippen LogP contribution in [0, 0.1) is 5.82 Å². The van der Waals surface area contributed by atoms with E-state index in [0.717, 1.165) is 5.56 Å². The van der Waals surface area contributed by atoms with Gasteiger partial charge in [-0.15, -0.1) is 0 Å². The van der Waals surface area contributed by atoms with E-state index in [1.165, 1.54) is 19.2 Å². The Labute approximate surface area is 173 Å². The maximum atomic E-state index is 13.6. The summed E-state index contributed by atoms with van der Waals surface area (Å²) in [4.78, 5) is 30.3. The van der Waals surface area contributed by atoms with E-state index in [-0.39, 0.29) is 30.4 Å². The van der Waals surface area contributed by atoms with Gasteiger partial charge in [-0.3, -0.25) is 9.59 Å². The van der Waals surface area contributed by atoms with Crippen LogP contribution in [-0.4, -0.2) is 56.2 Å². The van der Waals surface area contributed by atoms with Gasteiger partial charge in [0.05, 0.1) is 18.7 Å². The van der Waals surface area contributed by atoms with Crippen molar-refractivity contribution in [3.63, 3.8) is 0 Å². The average molecular weight is 417 g/mol. The van der Waals surface area contributed by atoms with Gasteiger partial charge < -0.3 is 20.9 Å². The van der Waals surface area contributed by atoms with Gasteiger partial charge in [0.2, 0.25) is 5.91 Å². The summed E-state index contributed by atoms with van der Waals surface area (Å²) in [6.45, 7) is 1.08. The molecular formula is C21H25F2N5O2. The third kappa shape index (κ3) is 5.65. The molecular weight excluding hydrogens is 392 g/mol. The molecule has 1 aliphatic heterocycles. The summed E-state index contributed by atoms with van der Waals surface area (Å²) in [5.41, 5.74) is 1.09. The zero-order valence-corrected chi connectivity index (χ0v) is 16.8. The molecule has 2 heterocycles. The number of amides is 2. The third-order valence-corrected chi connectivity index (χ3v) is 4.86. The highest BCUT2D eigenvalue weighted by Gasteiger charge is 2.24. The predicted octanol–water partition coefficient (Wildman–Crippen LogP) is 1.90. The Hall–Kier alpha value is -3.23. The van der Waals surface area contributed by atoms with Crippen LogP contribution in [0.1, 0.15) is 22.3 Å². The van der Waals surface area contributed by atoms with E-state index >= 15 is 0 Å². The molecule has 0 bridgehead atoms. The number of nitrogens with one attached hydrogen (secondary N) is 3. The second kappa shape index (κ2) is 10.00. The van der Waals surface area contributed by atoms with Crippen molar-refractivity contribution in [2.45, 2.75) is 19.0 Å². The number of benzene rings is 1. The zero-order valence-electron chi connectivity index (χ0n) is 16.8. The van der Waals surface area contributed by atoms with Gasteiger partial charge in [0, 0.05) is 20.1 Å². The lowest BCUT2D eigenvalue weighted by Gasteiger charge is -2.19. The second-order valence-electron chi connectivity index (χ2n) is 7.06. The van der Waals surface area contributed by atoms with E-state index in [9.17, 15) is 18.4 Å². The van der Waals surface area contributed by atoms with Crippen molar-refractivity contribution in [3.05, 3.63) is 53.3 Å². The quantitative estimate of drug-likeness (QED) is 0.611. The number of pyridine rings is 1. The minimum absolute atomic E-state index is 0.157. The molecule has 0 radical (unpaired) electrons. The second-order valence-corrected chi connectivity index (χ2v) is 7.06. The highest BCUT2D eigenvalue weighted by molar-refractivity contribution is 6.00. The van der Waals surface area contributed by atoms with E-state index in [1.807, 2.05) is 11.0 Å². The van der Waals surface area contributed by atoms with Crippen LogP contribution < -0.4 is 20.9 Å². The van der Waals surface area contributed by atoms with Gasteiger partial charge in [-0.05, 0) is 42.7 Å². The lowest BCUT2D eigenvalue weighted by molar-refractivity contribution is -0.119. The number of halogens is 2. The Kier molecular flexibility index (Phi) is 7.16. The Morgan fingerprint density at radius 3 is 2.80 bits per heavy atom. The first-order valence-corrected chi connectivity index (χ1v) is 9.83. The molecule has 9 heteroatoms. The summed E-state index contributed by atoms with van der Waals surface area (Å²) >= 11 is 0. The summed E-state index contributed by atoms with van der Waals surface area (Å²) < 4.78 is 27.0. The number of likely N-dealkylation sites (N-methyl/N-ethyl adjacent to an activating group) is 1. The van der Waals surface area contributed by atoms with Gasteiger partial charge in [0.25, 0.3) is 5.91 Å². The monoisotopic (exact) mass is 417 g/mol. The van der Waals surface area contributed by atoms with E-state index in [0.29, 0.717) is 37.6 Å². The van der Waals surface area contributed by atoms with Crippen LogP contribution in [0.4, 0.5) is 20.4 Å². The number of hydrogen-bond donors (Lipinski definition) is 3. The minimum atomic E-state index is -0.897. The Morgan fingerprint density at radius 1 is 1.27 bits per heavy atom. The number of nitrogens with zero attached hydrogens (tertiary/aromatic N) is 2. The van der Waals surface area contributed by atoms with Crippen molar-refractivity contribution in [1.29, 1.82) is 0 Å². The molecule has 160 valence electrons. The van der Waals surface area contributed by atoms with Gasteiger partial charge in [-0.1, -0.05) is 12.1 Å². The van der Waals surface area contributed by atoms with Crippen molar-refractivity contribution in [1.82, 2.24) is 15.6 Å². The van der Waals surface area contributed by atoms with Crippen LogP contribution in [-0.2, 0) is 11.2 Å². The number of carbonyl (C=O) groups excluding carboxylic acids is 2. The molecule has 3 N–H and O–H groups in total. The largest absolute Gasteiger partial charge is 0.369 e. The topological polar surface area (TPSA) is 86.4 Å². The lowest BCUT2D eigenvalue weighted by atomic mass is 10.1. The molecule has 1 atom stereocenters. The van der Waals surface area contributed by atoms with Crippen LogP contribution in [0.2, 0.25) is 0 Å². The van der Waals surface area contributed by atoms with Crippen LogP contribution >= 0.6 is 0 Å². The summed E-state index contributed by atoms with van der Waals surface area (Å²) in [7, 11) is 1.48. The average Bonchev–Trinajstić information content (AvgIpc) is 3.18. The minimum Gasteiger partial charge on any atom is -0.369 e. The lowest BCUT2D eigenvalue weighted by Crippen LogP contribution is -2.35. The number of alkyl halides is 1. The third-order valence-electron chi connectivity index (χ3n) is 4.86. The van der Waals surface area contributed by atoms with Crippen LogP contribution in [0.5, 0.6) is 0 Å². The molecule has 0 unspecified atom stereocenters. The normalized spacial score (nSPS) is 15.7. The molecule has 30 heavy (non-hydrogen) atoms. The fourth-order valence-electron chi connectivity index (χ4n) is 3.23. The summed E-state index contributed by atoms with van der Waals surface area (Å²) in [5, 5.41) is 8.11. The first-order valence-electron chi connectivity index (χ1n) is 9.83. The van der Waals surface area contributed by atoms with E-state index in [1.54, 1.807) is 18.2 Å². The molecule has 1 aromatic heterocycles.